The maximum Gasteiger partial charge on any atom is 0.410 e. The summed E-state index contributed by atoms with van der Waals surface area (Å²) in [5, 5.41) is 5.81. The Bertz CT molecular complexity index is 981. The number of hydrogen-bond donors (Lipinski definition) is 2. The highest BCUT2D eigenvalue weighted by atomic mass is 16.6. The number of anilines is 2. The van der Waals surface area contributed by atoms with Crippen LogP contribution in [0, 0.1) is 0 Å². The molecule has 164 valence electrons. The number of carbonyl (C=O) groups excluding carboxylic acids is 3. The van der Waals surface area contributed by atoms with Gasteiger partial charge in [0.25, 0.3) is 0 Å². The molecule has 3 rings (SSSR count). The Labute approximate surface area is 182 Å². The lowest BCUT2D eigenvalue weighted by Crippen LogP contribution is -2.45. The molecular weight excluding hydrogens is 394 g/mol. The summed E-state index contributed by atoms with van der Waals surface area (Å²) < 4.78 is 5.46. The van der Waals surface area contributed by atoms with Crippen LogP contribution in [0.1, 0.15) is 40.5 Å². The monoisotopic (exact) mass is 423 g/mol. The number of nitrogens with one attached hydrogen (secondary N) is 2. The number of benzene rings is 2. The number of likely N-dealkylation sites (tertiary alicyclic amines) is 1. The Morgan fingerprint density at radius 2 is 1.48 bits per heavy atom. The van der Waals surface area contributed by atoms with E-state index in [0.29, 0.717) is 24.3 Å². The van der Waals surface area contributed by atoms with Gasteiger partial charge in [-0.25, -0.2) is 4.79 Å². The molecule has 0 spiro atoms. The normalized spacial score (nSPS) is 16.0. The molecule has 1 heterocycles. The van der Waals surface area contributed by atoms with Gasteiger partial charge >= 0.3 is 6.09 Å². The lowest BCUT2D eigenvalue weighted by Gasteiger charge is -2.28. The van der Waals surface area contributed by atoms with Crippen molar-refractivity contribution in [2.75, 3.05) is 17.2 Å². The molecule has 31 heavy (non-hydrogen) atoms. The van der Waals surface area contributed by atoms with Crippen LogP contribution in [0.3, 0.4) is 0 Å². The zero-order chi connectivity index (χ0) is 22.6. The highest BCUT2D eigenvalue weighted by Crippen LogP contribution is 2.34. The average molecular weight is 424 g/mol. The molecule has 1 aliphatic rings. The van der Waals surface area contributed by atoms with E-state index in [1.165, 1.54) is 11.8 Å². The number of nitrogens with zero attached hydrogens (tertiary/aromatic N) is 1. The van der Waals surface area contributed by atoms with E-state index >= 15 is 0 Å². The largest absolute Gasteiger partial charge is 0.444 e. The van der Waals surface area contributed by atoms with Crippen LogP contribution < -0.4 is 10.6 Å². The van der Waals surface area contributed by atoms with Crippen LogP contribution in [0.2, 0.25) is 0 Å². The summed E-state index contributed by atoms with van der Waals surface area (Å²) in [6, 6.07) is 14.2. The van der Waals surface area contributed by atoms with Crippen molar-refractivity contribution in [1.82, 2.24) is 4.90 Å². The Kier molecular flexibility index (Phi) is 6.63. The molecule has 1 atom stereocenters. The number of carbonyl (C=O) groups is 3. The van der Waals surface area contributed by atoms with Crippen molar-refractivity contribution in [1.29, 1.82) is 0 Å². The van der Waals surface area contributed by atoms with Crippen LogP contribution in [0.15, 0.2) is 48.5 Å². The minimum atomic E-state index is -0.624. The van der Waals surface area contributed by atoms with Crippen LogP contribution >= 0.6 is 0 Å². The van der Waals surface area contributed by atoms with Crippen LogP contribution in [-0.4, -0.2) is 41.0 Å². The molecule has 1 saturated heterocycles. The van der Waals surface area contributed by atoms with Gasteiger partial charge in [-0.3, -0.25) is 14.5 Å². The van der Waals surface area contributed by atoms with Crippen molar-refractivity contribution in [3.8, 4) is 11.1 Å². The molecule has 0 bridgehead atoms. The first kappa shape index (κ1) is 22.3. The molecule has 2 aromatic rings. The summed E-state index contributed by atoms with van der Waals surface area (Å²) in [5.74, 6) is -0.430. The number of amides is 3. The van der Waals surface area contributed by atoms with Gasteiger partial charge in [-0.1, -0.05) is 36.4 Å². The van der Waals surface area contributed by atoms with Crippen LogP contribution in [0.5, 0.6) is 0 Å². The molecule has 2 N–H and O–H groups in total. The van der Waals surface area contributed by atoms with Gasteiger partial charge in [0.15, 0.2) is 0 Å². The third kappa shape index (κ3) is 5.63. The lowest BCUT2D eigenvalue weighted by atomic mass is 10.0. The fraction of sp³-hybridized carbons (Fsp3) is 0.375. The molecule has 0 saturated carbocycles. The molecule has 0 unspecified atom stereocenters. The summed E-state index contributed by atoms with van der Waals surface area (Å²) in [7, 11) is 0. The van der Waals surface area contributed by atoms with Crippen molar-refractivity contribution in [2.24, 2.45) is 0 Å². The van der Waals surface area contributed by atoms with E-state index in [1.807, 2.05) is 48.5 Å². The van der Waals surface area contributed by atoms with Gasteiger partial charge < -0.3 is 15.4 Å². The van der Waals surface area contributed by atoms with Crippen LogP contribution in [-0.2, 0) is 14.3 Å². The molecule has 0 aromatic heterocycles. The van der Waals surface area contributed by atoms with Crippen molar-refractivity contribution < 1.29 is 19.1 Å². The quantitative estimate of drug-likeness (QED) is 0.749. The summed E-state index contributed by atoms with van der Waals surface area (Å²) in [6.07, 6.45) is 0.842. The van der Waals surface area contributed by atoms with E-state index in [0.717, 1.165) is 17.5 Å². The molecular formula is C24H29N3O4. The van der Waals surface area contributed by atoms with Gasteiger partial charge in [0.05, 0.1) is 0 Å². The molecule has 7 nitrogen and oxygen atoms in total. The molecule has 1 aliphatic heterocycles. The van der Waals surface area contributed by atoms with Gasteiger partial charge in [0.2, 0.25) is 11.8 Å². The first-order chi connectivity index (χ1) is 14.7. The van der Waals surface area contributed by atoms with Gasteiger partial charge in [-0.05, 0) is 45.7 Å². The third-order valence-electron chi connectivity index (χ3n) is 4.90. The number of para-hydroxylation sites is 2. The minimum absolute atomic E-state index is 0.173. The van der Waals surface area contributed by atoms with Crippen LogP contribution in [0.25, 0.3) is 11.1 Å². The second-order valence-electron chi connectivity index (χ2n) is 8.59. The predicted octanol–water partition coefficient (Wildman–Crippen LogP) is 4.65. The van der Waals surface area contributed by atoms with Crippen molar-refractivity contribution in [2.45, 2.75) is 52.2 Å². The maximum atomic E-state index is 13.1. The van der Waals surface area contributed by atoms with E-state index in [9.17, 15) is 14.4 Å². The standard InChI is InChI=1S/C24H29N3O4/c1-16(28)25-19-12-7-5-10-17(19)18-11-6-8-13-20(18)26-22(29)21-14-9-15-27(21)23(30)31-24(2,3)4/h5-8,10-13,21H,9,14-15H2,1-4H3,(H,25,28)(H,26,29)/t21-/m0/s1. The Hall–Kier alpha value is -3.35. The van der Waals surface area contributed by atoms with Gasteiger partial charge in [-0.2, -0.15) is 0 Å². The molecule has 1 fully saturated rings. The molecule has 2 aromatic carbocycles. The van der Waals surface area contributed by atoms with E-state index in [2.05, 4.69) is 10.6 Å². The predicted molar refractivity (Wildman–Crippen MR) is 121 cm³/mol. The van der Waals surface area contributed by atoms with E-state index in [1.54, 1.807) is 20.8 Å². The highest BCUT2D eigenvalue weighted by Gasteiger charge is 2.36. The van der Waals surface area contributed by atoms with Crippen molar-refractivity contribution >= 4 is 29.3 Å². The van der Waals surface area contributed by atoms with Crippen molar-refractivity contribution in [3.63, 3.8) is 0 Å². The van der Waals surface area contributed by atoms with E-state index in [4.69, 9.17) is 4.74 Å². The summed E-state index contributed by atoms with van der Waals surface area (Å²) in [4.78, 5) is 38.8. The van der Waals surface area contributed by atoms with E-state index in [-0.39, 0.29) is 11.8 Å². The zero-order valence-electron chi connectivity index (χ0n) is 18.4. The molecule has 3 amide bonds. The molecule has 7 heteroatoms. The average Bonchev–Trinajstić information content (AvgIpc) is 3.17. The number of hydrogen-bond acceptors (Lipinski definition) is 4. The first-order valence-electron chi connectivity index (χ1n) is 10.4. The Morgan fingerprint density at radius 3 is 2.03 bits per heavy atom. The SMILES string of the molecule is CC(=O)Nc1ccccc1-c1ccccc1NC(=O)[C@@H]1CCCN1C(=O)OC(C)(C)C. The number of ether oxygens (including phenoxy) is 1. The summed E-state index contributed by atoms with van der Waals surface area (Å²) >= 11 is 0. The number of rotatable bonds is 4. The fourth-order valence-corrected chi connectivity index (χ4v) is 3.64. The molecule has 0 radical (unpaired) electrons. The zero-order valence-corrected chi connectivity index (χ0v) is 18.4. The molecule has 0 aliphatic carbocycles. The van der Waals surface area contributed by atoms with Gasteiger partial charge in [0, 0.05) is 36.0 Å². The topological polar surface area (TPSA) is 87.7 Å². The third-order valence-corrected chi connectivity index (χ3v) is 4.90. The fourth-order valence-electron chi connectivity index (χ4n) is 3.64. The first-order valence-corrected chi connectivity index (χ1v) is 10.4. The highest BCUT2D eigenvalue weighted by molar-refractivity contribution is 6.02. The van der Waals surface area contributed by atoms with Crippen LogP contribution in [0.4, 0.5) is 16.2 Å². The van der Waals surface area contributed by atoms with E-state index < -0.39 is 17.7 Å². The van der Waals surface area contributed by atoms with Gasteiger partial charge in [0.1, 0.15) is 11.6 Å². The maximum absolute atomic E-state index is 13.1. The Morgan fingerprint density at radius 1 is 0.935 bits per heavy atom. The van der Waals surface area contributed by atoms with Gasteiger partial charge in [-0.15, -0.1) is 0 Å². The smallest absolute Gasteiger partial charge is 0.410 e. The second kappa shape index (κ2) is 9.20. The van der Waals surface area contributed by atoms with Crippen molar-refractivity contribution in [3.05, 3.63) is 48.5 Å². The summed E-state index contributed by atoms with van der Waals surface area (Å²) in [6.45, 7) is 7.35. The Balaban J connectivity index is 1.84. The lowest BCUT2D eigenvalue weighted by molar-refractivity contribution is -0.120. The second-order valence-corrected chi connectivity index (χ2v) is 8.59. The minimum Gasteiger partial charge on any atom is -0.444 e. The summed E-state index contributed by atoms with van der Waals surface area (Å²) in [5.41, 5.74) is 2.22.